The molecule has 5 rings (SSSR count). The number of amidine groups is 1. The van der Waals surface area contributed by atoms with Gasteiger partial charge < -0.3 is 15.0 Å². The molecule has 0 amide bonds. The zero-order valence-electron chi connectivity index (χ0n) is 19.6. The minimum Gasteiger partial charge on any atom is -0.484 e. The number of nitrogens with zero attached hydrogens (tertiary/aromatic N) is 5. The van der Waals surface area contributed by atoms with Crippen molar-refractivity contribution in [1.82, 2.24) is 35.2 Å². The number of aromatic amines is 1. The molecule has 13 heteroatoms. The van der Waals surface area contributed by atoms with Gasteiger partial charge in [-0.3, -0.25) is 10.5 Å². The van der Waals surface area contributed by atoms with Crippen LogP contribution in [0.15, 0.2) is 31.0 Å². The number of halogens is 4. The summed E-state index contributed by atoms with van der Waals surface area (Å²) < 4.78 is 60.9. The van der Waals surface area contributed by atoms with Crippen LogP contribution in [0.4, 0.5) is 17.6 Å². The summed E-state index contributed by atoms with van der Waals surface area (Å²) in [5.41, 5.74) is 0.868. The Balaban J connectivity index is 1.46. The summed E-state index contributed by atoms with van der Waals surface area (Å²) in [5.74, 6) is -1.45. The van der Waals surface area contributed by atoms with Gasteiger partial charge in [-0.1, -0.05) is 6.58 Å². The van der Waals surface area contributed by atoms with Gasteiger partial charge in [0.05, 0.1) is 23.8 Å². The van der Waals surface area contributed by atoms with Crippen LogP contribution in [0.5, 0.6) is 5.75 Å². The predicted octanol–water partition coefficient (Wildman–Crippen LogP) is 4.37. The number of hydrogen-bond donors (Lipinski definition) is 3. The lowest BCUT2D eigenvalue weighted by atomic mass is 10.1. The molecular weight excluding hydrogens is 480 g/mol. The van der Waals surface area contributed by atoms with Gasteiger partial charge in [0, 0.05) is 24.1 Å². The van der Waals surface area contributed by atoms with Crippen LogP contribution in [-0.2, 0) is 12.7 Å². The standard InChI is InChI=1S/C23H24F4N8O/c1-4-29-16(19-13-9-17(36-22(3)5-6-22)14(24)10-15(13)31-32-19)11-18(28)34-7-8-35-20(12(34)2)30-21(33-35)23(25,26)27/h4,9-12,28-29H,1,5-8H2,2-3H3,(H,31,32). The van der Waals surface area contributed by atoms with Crippen LogP contribution in [-0.4, -0.2) is 47.8 Å². The highest BCUT2D eigenvalue weighted by Crippen LogP contribution is 2.41. The number of H-pyrrole nitrogens is 1. The summed E-state index contributed by atoms with van der Waals surface area (Å²) in [6.45, 7) is 7.66. The van der Waals surface area contributed by atoms with E-state index in [1.54, 1.807) is 17.9 Å². The molecule has 36 heavy (non-hydrogen) atoms. The molecule has 190 valence electrons. The second-order valence-corrected chi connectivity index (χ2v) is 9.13. The molecule has 1 unspecified atom stereocenters. The van der Waals surface area contributed by atoms with Crippen LogP contribution >= 0.6 is 0 Å². The van der Waals surface area contributed by atoms with Gasteiger partial charge >= 0.3 is 6.18 Å². The SMILES string of the molecule is C=CNC(=CC(=N)N1CCn2nc(C(F)(F)F)nc2C1C)c1n[nH]c2cc(F)c(OC3(C)CC3)cc12. The highest BCUT2D eigenvalue weighted by molar-refractivity contribution is 6.00. The van der Waals surface area contributed by atoms with Gasteiger partial charge in [-0.05, 0) is 39.0 Å². The molecule has 3 aromatic rings. The fraction of sp³-hybridized carbons (Fsp3) is 0.391. The van der Waals surface area contributed by atoms with Crippen molar-refractivity contribution < 1.29 is 22.3 Å². The van der Waals surface area contributed by atoms with Crippen molar-refractivity contribution in [2.75, 3.05) is 6.54 Å². The van der Waals surface area contributed by atoms with Crippen molar-refractivity contribution in [1.29, 1.82) is 5.41 Å². The minimum atomic E-state index is -4.65. The molecule has 3 heterocycles. The molecule has 1 aliphatic heterocycles. The average Bonchev–Trinajstić information content (AvgIpc) is 3.19. The van der Waals surface area contributed by atoms with Gasteiger partial charge in [0.1, 0.15) is 23.0 Å². The van der Waals surface area contributed by atoms with Crippen molar-refractivity contribution in [3.8, 4) is 5.75 Å². The maximum Gasteiger partial charge on any atom is 0.453 e. The number of fused-ring (bicyclic) bond motifs is 2. The van der Waals surface area contributed by atoms with Crippen molar-refractivity contribution in [3.05, 3.63) is 54.1 Å². The number of benzene rings is 1. The minimum absolute atomic E-state index is 0.0230. The van der Waals surface area contributed by atoms with E-state index in [-0.39, 0.29) is 36.1 Å². The van der Waals surface area contributed by atoms with Gasteiger partial charge in [0.2, 0.25) is 0 Å². The number of alkyl halides is 3. The molecule has 0 bridgehead atoms. The molecule has 1 aliphatic carbocycles. The number of ether oxygens (including phenoxy) is 1. The van der Waals surface area contributed by atoms with E-state index in [2.05, 4.69) is 32.2 Å². The fourth-order valence-electron chi connectivity index (χ4n) is 4.17. The molecule has 0 radical (unpaired) electrons. The van der Waals surface area contributed by atoms with E-state index in [0.717, 1.165) is 12.8 Å². The first-order valence-electron chi connectivity index (χ1n) is 11.3. The summed E-state index contributed by atoms with van der Waals surface area (Å²) in [7, 11) is 0. The molecule has 1 fully saturated rings. The van der Waals surface area contributed by atoms with Crippen molar-refractivity contribution in [2.45, 2.75) is 51.1 Å². The Labute approximate surface area is 203 Å². The second kappa shape index (κ2) is 8.35. The van der Waals surface area contributed by atoms with Gasteiger partial charge in [-0.15, -0.1) is 5.10 Å². The molecule has 9 nitrogen and oxygen atoms in total. The summed E-state index contributed by atoms with van der Waals surface area (Å²) in [6, 6.07) is 2.25. The van der Waals surface area contributed by atoms with Gasteiger partial charge in [0.25, 0.3) is 5.82 Å². The Morgan fingerprint density at radius 2 is 2.08 bits per heavy atom. The fourth-order valence-corrected chi connectivity index (χ4v) is 4.17. The highest BCUT2D eigenvalue weighted by Gasteiger charge is 2.41. The van der Waals surface area contributed by atoms with E-state index in [1.165, 1.54) is 23.0 Å². The first-order chi connectivity index (χ1) is 17.0. The zero-order chi connectivity index (χ0) is 25.8. The molecule has 0 saturated heterocycles. The molecule has 3 N–H and O–H groups in total. The van der Waals surface area contributed by atoms with E-state index in [9.17, 15) is 17.6 Å². The van der Waals surface area contributed by atoms with Crippen LogP contribution in [0.25, 0.3) is 16.6 Å². The molecule has 1 aromatic carbocycles. The van der Waals surface area contributed by atoms with Crippen LogP contribution in [0.3, 0.4) is 0 Å². The molecule has 1 atom stereocenters. The lowest BCUT2D eigenvalue weighted by Crippen LogP contribution is -2.40. The normalized spacial score (nSPS) is 19.2. The highest BCUT2D eigenvalue weighted by atomic mass is 19.4. The maximum absolute atomic E-state index is 14.6. The van der Waals surface area contributed by atoms with E-state index < -0.39 is 23.9 Å². The predicted molar refractivity (Wildman–Crippen MR) is 124 cm³/mol. The van der Waals surface area contributed by atoms with Crippen LogP contribution in [0, 0.1) is 11.2 Å². The Hall–Kier alpha value is -3.90. The largest absolute Gasteiger partial charge is 0.484 e. The molecule has 0 spiro atoms. The molecule has 1 saturated carbocycles. The summed E-state index contributed by atoms with van der Waals surface area (Å²) in [5, 5.41) is 22.9. The first-order valence-corrected chi connectivity index (χ1v) is 11.3. The lowest BCUT2D eigenvalue weighted by molar-refractivity contribution is -0.145. The van der Waals surface area contributed by atoms with E-state index in [1.807, 2.05) is 6.92 Å². The Bertz CT molecular complexity index is 1380. The number of aromatic nitrogens is 5. The first kappa shape index (κ1) is 23.8. The lowest BCUT2D eigenvalue weighted by Gasteiger charge is -2.34. The van der Waals surface area contributed by atoms with E-state index >= 15 is 0 Å². The van der Waals surface area contributed by atoms with Crippen molar-refractivity contribution in [2.24, 2.45) is 0 Å². The summed E-state index contributed by atoms with van der Waals surface area (Å²) in [6.07, 6.45) is -0.0534. The van der Waals surface area contributed by atoms with Gasteiger partial charge in [-0.25, -0.2) is 14.1 Å². The molecule has 2 aromatic heterocycles. The van der Waals surface area contributed by atoms with Gasteiger partial charge in [0.15, 0.2) is 11.6 Å². The smallest absolute Gasteiger partial charge is 0.453 e. The van der Waals surface area contributed by atoms with Gasteiger partial charge in [-0.2, -0.15) is 18.3 Å². The van der Waals surface area contributed by atoms with Crippen LogP contribution < -0.4 is 10.1 Å². The Morgan fingerprint density at radius 1 is 1.33 bits per heavy atom. The summed E-state index contributed by atoms with van der Waals surface area (Å²) >= 11 is 0. The summed E-state index contributed by atoms with van der Waals surface area (Å²) in [4.78, 5) is 5.28. The zero-order valence-corrected chi connectivity index (χ0v) is 19.6. The third-order valence-electron chi connectivity index (χ3n) is 6.38. The Morgan fingerprint density at radius 3 is 2.75 bits per heavy atom. The Kier molecular flexibility index (Phi) is 5.52. The quantitative estimate of drug-likeness (QED) is 0.261. The number of rotatable bonds is 6. The molecule has 2 aliphatic rings. The van der Waals surface area contributed by atoms with Crippen LogP contribution in [0.1, 0.15) is 50.1 Å². The third-order valence-corrected chi connectivity index (χ3v) is 6.38. The third kappa shape index (κ3) is 4.29. The number of hydrogen-bond acceptors (Lipinski definition) is 6. The van der Waals surface area contributed by atoms with Crippen molar-refractivity contribution in [3.63, 3.8) is 0 Å². The van der Waals surface area contributed by atoms with Crippen LogP contribution in [0.2, 0.25) is 0 Å². The molecular formula is C23H24F4N8O. The topological polar surface area (TPSA) is 108 Å². The van der Waals surface area contributed by atoms with Crippen molar-refractivity contribution >= 4 is 22.4 Å². The van der Waals surface area contributed by atoms with E-state index in [0.29, 0.717) is 22.3 Å². The maximum atomic E-state index is 14.6. The van der Waals surface area contributed by atoms with E-state index in [4.69, 9.17) is 10.1 Å². The number of nitrogens with one attached hydrogen (secondary N) is 3. The average molecular weight is 504 g/mol. The monoisotopic (exact) mass is 504 g/mol. The second-order valence-electron chi connectivity index (χ2n) is 9.13.